The van der Waals surface area contributed by atoms with Gasteiger partial charge in [-0.1, -0.05) is 11.8 Å². The Morgan fingerprint density at radius 1 is 1.47 bits per heavy atom. The fourth-order valence-corrected chi connectivity index (χ4v) is 2.05. The molecule has 0 radical (unpaired) electrons. The van der Waals surface area contributed by atoms with Crippen LogP contribution < -0.4 is 10.2 Å². The predicted octanol–water partition coefficient (Wildman–Crippen LogP) is 2.10. The second-order valence-electron chi connectivity index (χ2n) is 4.79. The Bertz CT molecular complexity index is 389. The van der Waals surface area contributed by atoms with Crippen LogP contribution in [0.5, 0.6) is 0 Å². The maximum absolute atomic E-state index is 5.66. The highest BCUT2D eigenvalue weighted by Gasteiger charge is 2.21. The monoisotopic (exact) mass is 282 g/mol. The van der Waals surface area contributed by atoms with Crippen molar-refractivity contribution in [3.05, 3.63) is 6.07 Å². The Balaban J connectivity index is 1.86. The molecule has 0 amide bonds. The fourth-order valence-electron chi connectivity index (χ4n) is 1.68. The molecule has 1 aromatic heterocycles. The molecule has 0 atom stereocenters. The Morgan fingerprint density at radius 2 is 2.26 bits per heavy atom. The van der Waals surface area contributed by atoms with E-state index in [4.69, 9.17) is 4.74 Å². The minimum absolute atomic E-state index is 0.750. The molecule has 6 heteroatoms. The number of likely N-dealkylation sites (N-methyl/N-ethyl adjacent to an activating group) is 1. The van der Waals surface area contributed by atoms with Gasteiger partial charge in [0, 0.05) is 33.3 Å². The van der Waals surface area contributed by atoms with Crippen LogP contribution in [0.4, 0.5) is 11.6 Å². The van der Waals surface area contributed by atoms with Crippen molar-refractivity contribution in [2.45, 2.75) is 18.0 Å². The average Bonchev–Trinajstić information content (AvgIpc) is 3.26. The first kappa shape index (κ1) is 14.4. The van der Waals surface area contributed by atoms with E-state index < -0.39 is 0 Å². The third-order valence-electron chi connectivity index (χ3n) is 3.14. The molecule has 5 nitrogen and oxygen atoms in total. The van der Waals surface area contributed by atoms with Crippen LogP contribution in [0.1, 0.15) is 12.8 Å². The topological polar surface area (TPSA) is 50.3 Å². The number of hydrogen-bond acceptors (Lipinski definition) is 6. The minimum Gasteiger partial charge on any atom is -0.379 e. The van der Waals surface area contributed by atoms with Gasteiger partial charge in [-0.15, -0.1) is 0 Å². The van der Waals surface area contributed by atoms with Crippen molar-refractivity contribution in [2.24, 2.45) is 5.92 Å². The highest BCUT2D eigenvalue weighted by atomic mass is 32.2. The van der Waals surface area contributed by atoms with Gasteiger partial charge in [0.25, 0.3) is 0 Å². The van der Waals surface area contributed by atoms with Gasteiger partial charge in [0.2, 0.25) is 0 Å². The van der Waals surface area contributed by atoms with Crippen LogP contribution in [0, 0.1) is 5.92 Å². The van der Waals surface area contributed by atoms with Crippen LogP contribution in [0.15, 0.2) is 11.2 Å². The first-order valence-corrected chi connectivity index (χ1v) is 7.85. The molecule has 1 N–H and O–H groups in total. The Labute approximate surface area is 119 Å². The summed E-state index contributed by atoms with van der Waals surface area (Å²) in [7, 11) is 3.90. The molecule has 0 bridgehead atoms. The smallest absolute Gasteiger partial charge is 0.191 e. The fraction of sp³-hybridized carbons (Fsp3) is 0.692. The zero-order valence-electron chi connectivity index (χ0n) is 11.8. The van der Waals surface area contributed by atoms with E-state index in [2.05, 4.69) is 20.2 Å². The zero-order chi connectivity index (χ0) is 13.7. The molecule has 0 aromatic carbocycles. The predicted molar refractivity (Wildman–Crippen MR) is 80.2 cm³/mol. The summed E-state index contributed by atoms with van der Waals surface area (Å²) >= 11 is 1.55. The summed E-state index contributed by atoms with van der Waals surface area (Å²) in [6, 6.07) is 1.96. The molecule has 0 saturated heterocycles. The van der Waals surface area contributed by atoms with Crippen LogP contribution in [0.3, 0.4) is 0 Å². The largest absolute Gasteiger partial charge is 0.379 e. The van der Waals surface area contributed by atoms with Crippen molar-refractivity contribution < 1.29 is 4.74 Å². The molecule has 1 aliphatic carbocycles. The lowest BCUT2D eigenvalue weighted by Crippen LogP contribution is -2.24. The van der Waals surface area contributed by atoms with Gasteiger partial charge in [-0.2, -0.15) is 0 Å². The number of anilines is 2. The van der Waals surface area contributed by atoms with E-state index in [1.165, 1.54) is 12.8 Å². The first-order valence-electron chi connectivity index (χ1n) is 6.62. The lowest BCUT2D eigenvalue weighted by atomic mass is 10.4. The zero-order valence-corrected chi connectivity index (χ0v) is 12.7. The van der Waals surface area contributed by atoms with Gasteiger partial charge in [-0.25, -0.2) is 9.97 Å². The lowest BCUT2D eigenvalue weighted by Gasteiger charge is -2.19. The number of aromatic nitrogens is 2. The van der Waals surface area contributed by atoms with E-state index in [1.807, 2.05) is 26.4 Å². The first-order chi connectivity index (χ1) is 9.22. The van der Waals surface area contributed by atoms with Gasteiger partial charge in [-0.05, 0) is 25.0 Å². The van der Waals surface area contributed by atoms with E-state index in [-0.39, 0.29) is 0 Å². The van der Waals surface area contributed by atoms with E-state index in [0.29, 0.717) is 0 Å². The van der Waals surface area contributed by atoms with Gasteiger partial charge < -0.3 is 15.0 Å². The quantitative estimate of drug-likeness (QED) is 0.448. The number of thioether (sulfide) groups is 1. The molecule has 106 valence electrons. The van der Waals surface area contributed by atoms with E-state index in [0.717, 1.165) is 42.5 Å². The second kappa shape index (κ2) is 6.96. The number of nitrogens with zero attached hydrogens (tertiary/aromatic N) is 3. The van der Waals surface area contributed by atoms with Crippen LogP contribution in [0.25, 0.3) is 0 Å². The maximum Gasteiger partial charge on any atom is 0.191 e. The van der Waals surface area contributed by atoms with E-state index >= 15 is 0 Å². The highest BCUT2D eigenvalue weighted by Crippen LogP contribution is 2.28. The average molecular weight is 282 g/mol. The highest BCUT2D eigenvalue weighted by molar-refractivity contribution is 7.98. The molecular weight excluding hydrogens is 260 g/mol. The molecule has 1 heterocycles. The van der Waals surface area contributed by atoms with Crippen molar-refractivity contribution in [3.63, 3.8) is 0 Å². The summed E-state index contributed by atoms with van der Waals surface area (Å²) in [6.45, 7) is 2.51. The van der Waals surface area contributed by atoms with Gasteiger partial charge >= 0.3 is 0 Å². The molecule has 1 saturated carbocycles. The van der Waals surface area contributed by atoms with E-state index in [9.17, 15) is 0 Å². The summed E-state index contributed by atoms with van der Waals surface area (Å²) in [5.41, 5.74) is 0. The Morgan fingerprint density at radius 3 is 2.89 bits per heavy atom. The standard InChI is InChI=1S/C13H22N4OS/c1-14-11-8-12(16-13(15-11)19-3)17(2)6-7-18-9-10-4-5-10/h8,10H,4-7,9H2,1-3H3,(H,14,15,16). The van der Waals surface area contributed by atoms with Crippen molar-refractivity contribution in [1.29, 1.82) is 0 Å². The Hall–Kier alpha value is -1.01. The third kappa shape index (κ3) is 4.54. The van der Waals surface area contributed by atoms with Crippen molar-refractivity contribution in [1.82, 2.24) is 9.97 Å². The number of ether oxygens (including phenoxy) is 1. The maximum atomic E-state index is 5.66. The molecule has 1 fully saturated rings. The molecule has 0 spiro atoms. The van der Waals surface area contributed by atoms with Crippen molar-refractivity contribution >= 4 is 23.4 Å². The molecule has 19 heavy (non-hydrogen) atoms. The van der Waals surface area contributed by atoms with Gasteiger partial charge in [0.1, 0.15) is 11.6 Å². The van der Waals surface area contributed by atoms with Gasteiger partial charge in [0.15, 0.2) is 5.16 Å². The number of rotatable bonds is 8. The molecule has 1 aliphatic rings. The summed E-state index contributed by atoms with van der Waals surface area (Å²) < 4.78 is 5.66. The molecule has 1 aromatic rings. The van der Waals surface area contributed by atoms with Crippen LogP contribution >= 0.6 is 11.8 Å². The number of hydrogen-bond donors (Lipinski definition) is 1. The molecule has 0 unspecified atom stereocenters. The summed E-state index contributed by atoms with van der Waals surface area (Å²) in [5, 5.41) is 3.85. The van der Waals surface area contributed by atoms with Crippen molar-refractivity contribution in [3.8, 4) is 0 Å². The minimum atomic E-state index is 0.750. The number of nitrogens with one attached hydrogen (secondary N) is 1. The SMILES string of the molecule is CNc1cc(N(C)CCOCC2CC2)nc(SC)n1. The summed E-state index contributed by atoms with van der Waals surface area (Å²) in [6.07, 6.45) is 4.66. The lowest BCUT2D eigenvalue weighted by molar-refractivity contribution is 0.130. The molecule has 2 rings (SSSR count). The van der Waals surface area contributed by atoms with Crippen LogP contribution in [-0.4, -0.2) is 50.1 Å². The third-order valence-corrected chi connectivity index (χ3v) is 3.69. The normalized spacial score (nSPS) is 14.5. The second-order valence-corrected chi connectivity index (χ2v) is 5.56. The van der Waals surface area contributed by atoms with Crippen LogP contribution in [-0.2, 0) is 4.74 Å². The molecule has 0 aliphatic heterocycles. The van der Waals surface area contributed by atoms with Gasteiger partial charge in [-0.3, -0.25) is 0 Å². The van der Waals surface area contributed by atoms with E-state index in [1.54, 1.807) is 11.8 Å². The summed E-state index contributed by atoms with van der Waals surface area (Å²) in [5.74, 6) is 2.60. The van der Waals surface area contributed by atoms with Crippen molar-refractivity contribution in [2.75, 3.05) is 50.3 Å². The summed E-state index contributed by atoms with van der Waals surface area (Å²) in [4.78, 5) is 11.0. The van der Waals surface area contributed by atoms with Crippen LogP contribution in [0.2, 0.25) is 0 Å². The Kier molecular flexibility index (Phi) is 5.27. The van der Waals surface area contributed by atoms with Gasteiger partial charge in [0.05, 0.1) is 6.61 Å². The molecular formula is C13H22N4OS.